The summed E-state index contributed by atoms with van der Waals surface area (Å²) < 4.78 is 48.3. The van der Waals surface area contributed by atoms with E-state index in [0.29, 0.717) is 0 Å². The van der Waals surface area contributed by atoms with Crippen LogP contribution in [0.2, 0.25) is 0 Å². The van der Waals surface area contributed by atoms with Gasteiger partial charge in [0.1, 0.15) is 5.88 Å². The van der Waals surface area contributed by atoms with E-state index >= 15 is 0 Å². The molecule has 2 rings (SSSR count). The van der Waals surface area contributed by atoms with Crippen molar-refractivity contribution in [3.8, 4) is 11.5 Å². The lowest BCUT2D eigenvalue weighted by Crippen LogP contribution is -2.65. The molecule has 0 aliphatic carbocycles. The van der Waals surface area contributed by atoms with Crippen molar-refractivity contribution in [2.45, 2.75) is 12.1 Å². The standard InChI is InChI=1S/C10H7ClF3NO3/c11-5-8(16)15-10(9(12,13)14)17-6-3-1-2-4-7(6)18-10/h1-4H,5H2,(H,15,16). The van der Waals surface area contributed by atoms with E-state index in [1.54, 1.807) is 5.32 Å². The van der Waals surface area contributed by atoms with Crippen molar-refractivity contribution < 1.29 is 27.4 Å². The molecular weight excluding hydrogens is 275 g/mol. The third kappa shape index (κ3) is 2.05. The smallest absolute Gasteiger partial charge is 0.424 e. The first-order valence-electron chi connectivity index (χ1n) is 4.79. The number of halogens is 4. The largest absolute Gasteiger partial charge is 0.492 e. The van der Waals surface area contributed by atoms with Crippen molar-refractivity contribution in [2.24, 2.45) is 0 Å². The van der Waals surface area contributed by atoms with Gasteiger partial charge in [-0.1, -0.05) is 12.1 Å². The molecule has 1 aliphatic rings. The summed E-state index contributed by atoms with van der Waals surface area (Å²) in [5, 5.41) is 1.59. The predicted octanol–water partition coefficient (Wildman–Crippen LogP) is 2.03. The molecular formula is C10H7ClF3NO3. The monoisotopic (exact) mass is 281 g/mol. The molecule has 0 saturated carbocycles. The van der Waals surface area contributed by atoms with Crippen LogP contribution < -0.4 is 14.8 Å². The molecule has 0 unspecified atom stereocenters. The minimum Gasteiger partial charge on any atom is -0.424 e. The third-order valence-corrected chi connectivity index (χ3v) is 2.40. The number of para-hydroxylation sites is 2. The Morgan fingerprint density at radius 2 is 1.78 bits per heavy atom. The van der Waals surface area contributed by atoms with E-state index in [1.807, 2.05) is 0 Å². The molecule has 0 radical (unpaired) electrons. The molecule has 98 valence electrons. The maximum atomic E-state index is 13.0. The zero-order valence-electron chi connectivity index (χ0n) is 8.75. The summed E-state index contributed by atoms with van der Waals surface area (Å²) >= 11 is 5.16. The Bertz CT molecular complexity index is 453. The molecule has 1 aromatic carbocycles. The molecule has 18 heavy (non-hydrogen) atoms. The van der Waals surface area contributed by atoms with E-state index in [9.17, 15) is 18.0 Å². The van der Waals surface area contributed by atoms with Gasteiger partial charge in [-0.15, -0.1) is 11.6 Å². The zero-order chi connectivity index (χ0) is 13.4. The highest BCUT2D eigenvalue weighted by atomic mass is 35.5. The van der Waals surface area contributed by atoms with Gasteiger partial charge < -0.3 is 9.47 Å². The number of alkyl halides is 4. The number of rotatable bonds is 2. The zero-order valence-corrected chi connectivity index (χ0v) is 9.51. The second-order valence-corrected chi connectivity index (χ2v) is 3.71. The highest BCUT2D eigenvalue weighted by Gasteiger charge is 2.65. The Hall–Kier alpha value is -1.63. The molecule has 4 nitrogen and oxygen atoms in total. The van der Waals surface area contributed by atoms with Gasteiger partial charge in [-0.2, -0.15) is 13.2 Å². The van der Waals surface area contributed by atoms with Crippen molar-refractivity contribution in [1.82, 2.24) is 5.32 Å². The molecule has 0 saturated heterocycles. The van der Waals surface area contributed by atoms with E-state index < -0.39 is 23.9 Å². The second-order valence-electron chi connectivity index (χ2n) is 3.45. The third-order valence-electron chi connectivity index (χ3n) is 2.16. The van der Waals surface area contributed by atoms with Gasteiger partial charge in [-0.3, -0.25) is 10.1 Å². The SMILES string of the molecule is O=C(CCl)NC1(C(F)(F)F)Oc2ccccc2O1. The molecule has 0 bridgehead atoms. The summed E-state index contributed by atoms with van der Waals surface area (Å²) in [6, 6.07) is 5.57. The average Bonchev–Trinajstić information content (AvgIpc) is 2.67. The van der Waals surface area contributed by atoms with Crippen LogP contribution in [-0.4, -0.2) is 23.9 Å². The first kappa shape index (κ1) is 12.8. The van der Waals surface area contributed by atoms with E-state index in [4.69, 9.17) is 21.1 Å². The number of hydrogen-bond donors (Lipinski definition) is 1. The lowest BCUT2D eigenvalue weighted by atomic mass is 10.3. The van der Waals surface area contributed by atoms with Gasteiger partial charge >= 0.3 is 12.1 Å². The van der Waals surface area contributed by atoms with Crippen LogP contribution in [0, 0.1) is 0 Å². The van der Waals surface area contributed by atoms with Gasteiger partial charge in [0.25, 0.3) is 0 Å². The lowest BCUT2D eigenvalue weighted by Gasteiger charge is -2.29. The molecule has 1 N–H and O–H groups in total. The Morgan fingerprint density at radius 1 is 1.28 bits per heavy atom. The Balaban J connectivity index is 2.34. The number of ether oxygens (including phenoxy) is 2. The highest BCUT2D eigenvalue weighted by Crippen LogP contribution is 2.44. The van der Waals surface area contributed by atoms with Gasteiger partial charge in [0, 0.05) is 0 Å². The van der Waals surface area contributed by atoms with E-state index in [0.717, 1.165) is 0 Å². The average molecular weight is 282 g/mol. The van der Waals surface area contributed by atoms with E-state index in [1.165, 1.54) is 24.3 Å². The normalized spacial score (nSPS) is 16.4. The summed E-state index contributed by atoms with van der Waals surface area (Å²) in [7, 11) is 0. The lowest BCUT2D eigenvalue weighted by molar-refractivity contribution is -0.319. The van der Waals surface area contributed by atoms with Crippen molar-refractivity contribution in [1.29, 1.82) is 0 Å². The van der Waals surface area contributed by atoms with Crippen LogP contribution in [0.3, 0.4) is 0 Å². The highest BCUT2D eigenvalue weighted by molar-refractivity contribution is 6.27. The second kappa shape index (κ2) is 4.24. The summed E-state index contributed by atoms with van der Waals surface area (Å²) in [5.41, 5.74) is 0. The number of hydrogen-bond acceptors (Lipinski definition) is 3. The number of carbonyl (C=O) groups is 1. The predicted molar refractivity (Wildman–Crippen MR) is 55.3 cm³/mol. The fourth-order valence-corrected chi connectivity index (χ4v) is 1.47. The van der Waals surface area contributed by atoms with E-state index in [-0.39, 0.29) is 11.5 Å². The number of nitrogens with one attached hydrogen (secondary N) is 1. The van der Waals surface area contributed by atoms with Crippen molar-refractivity contribution in [3.63, 3.8) is 0 Å². The molecule has 1 aromatic rings. The maximum Gasteiger partial charge on any atom is 0.492 e. The number of benzene rings is 1. The van der Waals surface area contributed by atoms with Crippen molar-refractivity contribution in [2.75, 3.05) is 5.88 Å². The van der Waals surface area contributed by atoms with Crippen molar-refractivity contribution in [3.05, 3.63) is 24.3 Å². The fourth-order valence-electron chi connectivity index (χ4n) is 1.40. The van der Waals surface area contributed by atoms with Crippen LogP contribution >= 0.6 is 11.6 Å². The van der Waals surface area contributed by atoms with Crippen LogP contribution in [0.1, 0.15) is 0 Å². The van der Waals surface area contributed by atoms with Gasteiger partial charge in [0.05, 0.1) is 0 Å². The molecule has 1 aliphatic heterocycles. The van der Waals surface area contributed by atoms with E-state index in [2.05, 4.69) is 0 Å². The molecule has 0 atom stereocenters. The summed E-state index contributed by atoms with van der Waals surface area (Å²) in [6.07, 6.45) is -4.95. The molecule has 1 heterocycles. The van der Waals surface area contributed by atoms with Crippen LogP contribution in [0.4, 0.5) is 13.2 Å². The van der Waals surface area contributed by atoms with Crippen molar-refractivity contribution >= 4 is 17.5 Å². The molecule has 0 fully saturated rings. The number of carbonyl (C=O) groups excluding carboxylic acids is 1. The van der Waals surface area contributed by atoms with Crippen LogP contribution in [0.25, 0.3) is 0 Å². The minimum absolute atomic E-state index is 0.107. The Kier molecular flexibility index (Phi) is 3.02. The first-order chi connectivity index (χ1) is 8.38. The first-order valence-corrected chi connectivity index (χ1v) is 5.32. The van der Waals surface area contributed by atoms with Crippen LogP contribution in [0.5, 0.6) is 11.5 Å². The fraction of sp³-hybridized carbons (Fsp3) is 0.300. The molecule has 1 amide bonds. The Morgan fingerprint density at radius 3 is 2.17 bits per heavy atom. The quantitative estimate of drug-likeness (QED) is 0.844. The van der Waals surface area contributed by atoms with Gasteiger partial charge in [-0.05, 0) is 12.1 Å². The van der Waals surface area contributed by atoms with Gasteiger partial charge in [-0.25, -0.2) is 0 Å². The maximum absolute atomic E-state index is 13.0. The summed E-state index contributed by atoms with van der Waals surface area (Å²) in [6.45, 7) is 0. The van der Waals surface area contributed by atoms with Crippen LogP contribution in [0.15, 0.2) is 24.3 Å². The molecule has 0 aromatic heterocycles. The number of fused-ring (bicyclic) bond motifs is 1. The van der Waals surface area contributed by atoms with Crippen LogP contribution in [-0.2, 0) is 4.79 Å². The van der Waals surface area contributed by atoms with Gasteiger partial charge in [0.2, 0.25) is 5.91 Å². The number of amides is 1. The van der Waals surface area contributed by atoms with Gasteiger partial charge in [0.15, 0.2) is 11.5 Å². The topological polar surface area (TPSA) is 47.6 Å². The molecule has 0 spiro atoms. The summed E-state index contributed by atoms with van der Waals surface area (Å²) in [5.74, 6) is -5.12. The summed E-state index contributed by atoms with van der Waals surface area (Å²) in [4.78, 5) is 11.1. The minimum atomic E-state index is -4.95. The Labute approximate surface area is 105 Å². The molecule has 8 heteroatoms.